The highest BCUT2D eigenvalue weighted by Gasteiger charge is 2.26. The zero-order valence-corrected chi connectivity index (χ0v) is 20.4. The van der Waals surface area contributed by atoms with Crippen LogP contribution in [0, 0.1) is 13.8 Å². The van der Waals surface area contributed by atoms with Crippen LogP contribution in [0.25, 0.3) is 21.8 Å². The second kappa shape index (κ2) is 9.56. The van der Waals surface area contributed by atoms with Crippen molar-refractivity contribution in [3.05, 3.63) is 64.4 Å². The maximum atomic E-state index is 13.3. The molecular weight excluding hydrogens is 448 g/mol. The van der Waals surface area contributed by atoms with Crippen molar-refractivity contribution in [2.75, 3.05) is 26.7 Å². The van der Waals surface area contributed by atoms with Crippen LogP contribution < -0.4 is 10.1 Å². The number of benzene rings is 1. The number of amides is 1. The van der Waals surface area contributed by atoms with E-state index in [1.165, 1.54) is 24.2 Å². The monoisotopic (exact) mass is 476 g/mol. The molecule has 0 spiro atoms. The smallest absolute Gasteiger partial charge is 0.261 e. The largest absolute Gasteiger partial charge is 0.497 e. The molecule has 1 saturated heterocycles. The van der Waals surface area contributed by atoms with Crippen molar-refractivity contribution in [3.8, 4) is 17.3 Å². The van der Waals surface area contributed by atoms with Gasteiger partial charge in [-0.3, -0.25) is 9.69 Å². The van der Waals surface area contributed by atoms with Crippen LogP contribution in [0.4, 0.5) is 0 Å². The number of thiophene rings is 1. The number of nitrogens with one attached hydrogen (secondary N) is 1. The molecule has 1 aromatic carbocycles. The predicted molar refractivity (Wildman–Crippen MR) is 133 cm³/mol. The van der Waals surface area contributed by atoms with E-state index in [4.69, 9.17) is 9.15 Å². The quantitative estimate of drug-likeness (QED) is 0.398. The summed E-state index contributed by atoms with van der Waals surface area (Å²) >= 11 is 1.40. The molecule has 8 heteroatoms. The highest BCUT2D eigenvalue weighted by atomic mass is 32.1. The number of aryl methyl sites for hydroxylation is 2. The lowest BCUT2D eigenvalue weighted by Crippen LogP contribution is -2.36. The van der Waals surface area contributed by atoms with Gasteiger partial charge in [-0.2, -0.15) is 0 Å². The fraction of sp³-hybridized carbons (Fsp3) is 0.346. The summed E-state index contributed by atoms with van der Waals surface area (Å²) in [6.07, 6.45) is 3.97. The molecule has 1 amide bonds. The van der Waals surface area contributed by atoms with E-state index in [-0.39, 0.29) is 11.9 Å². The summed E-state index contributed by atoms with van der Waals surface area (Å²) in [6, 6.07) is 11.9. The van der Waals surface area contributed by atoms with Gasteiger partial charge in [-0.1, -0.05) is 12.1 Å². The summed E-state index contributed by atoms with van der Waals surface area (Å²) in [7, 11) is 1.68. The van der Waals surface area contributed by atoms with Gasteiger partial charge in [-0.05, 0) is 75.2 Å². The number of hydrogen-bond acceptors (Lipinski definition) is 7. The molecule has 1 N–H and O–H groups in total. The Morgan fingerprint density at radius 2 is 2.03 bits per heavy atom. The number of carbonyl (C=O) groups is 1. The third kappa shape index (κ3) is 4.31. The summed E-state index contributed by atoms with van der Waals surface area (Å²) in [4.78, 5) is 26.5. The number of carbonyl (C=O) groups excluding carboxylic acids is 1. The van der Waals surface area contributed by atoms with Gasteiger partial charge in [0.25, 0.3) is 5.91 Å². The molecule has 1 aliphatic rings. The minimum atomic E-state index is -0.0773. The van der Waals surface area contributed by atoms with Crippen LogP contribution in [0.1, 0.15) is 45.4 Å². The van der Waals surface area contributed by atoms with E-state index < -0.39 is 0 Å². The Morgan fingerprint density at radius 3 is 2.76 bits per heavy atom. The number of hydrogen-bond donors (Lipinski definition) is 1. The number of likely N-dealkylation sites (tertiary alicyclic amines) is 1. The van der Waals surface area contributed by atoms with E-state index in [0.29, 0.717) is 23.0 Å². The highest BCUT2D eigenvalue weighted by molar-refractivity contribution is 7.20. The van der Waals surface area contributed by atoms with E-state index >= 15 is 0 Å². The first kappa shape index (κ1) is 22.6. The number of nitrogens with zero attached hydrogens (tertiary/aromatic N) is 3. The van der Waals surface area contributed by atoms with E-state index in [1.54, 1.807) is 13.4 Å². The van der Waals surface area contributed by atoms with Gasteiger partial charge in [-0.15, -0.1) is 11.3 Å². The van der Waals surface area contributed by atoms with Gasteiger partial charge in [0.15, 0.2) is 11.6 Å². The number of fused-ring (bicyclic) bond motifs is 1. The highest BCUT2D eigenvalue weighted by Crippen LogP contribution is 2.33. The Kier molecular flexibility index (Phi) is 6.34. The number of aromatic nitrogens is 2. The predicted octanol–water partition coefficient (Wildman–Crippen LogP) is 5.14. The zero-order valence-electron chi connectivity index (χ0n) is 19.6. The molecule has 0 radical (unpaired) electrons. The van der Waals surface area contributed by atoms with Crippen molar-refractivity contribution in [1.82, 2.24) is 20.2 Å². The molecule has 1 fully saturated rings. The van der Waals surface area contributed by atoms with Crippen molar-refractivity contribution >= 4 is 27.5 Å². The first-order valence-electron chi connectivity index (χ1n) is 11.5. The van der Waals surface area contributed by atoms with Crippen LogP contribution in [0.3, 0.4) is 0 Å². The van der Waals surface area contributed by atoms with Crippen LogP contribution in [0.2, 0.25) is 0 Å². The molecule has 4 heterocycles. The van der Waals surface area contributed by atoms with E-state index in [9.17, 15) is 4.79 Å². The summed E-state index contributed by atoms with van der Waals surface area (Å²) in [5.41, 5.74) is 2.91. The topological polar surface area (TPSA) is 80.5 Å². The third-order valence-corrected chi connectivity index (χ3v) is 7.62. The molecule has 5 rings (SSSR count). The SMILES string of the molecule is COc1cccc(C(CNC(=O)c2sc3nc(-c4ccco4)nc(C)c3c2C)N2CCCC2)c1. The first-order chi connectivity index (χ1) is 16.5. The summed E-state index contributed by atoms with van der Waals surface area (Å²) in [6.45, 7) is 6.51. The Balaban J connectivity index is 1.40. The van der Waals surface area contributed by atoms with Crippen LogP contribution in [0.5, 0.6) is 5.75 Å². The molecule has 34 heavy (non-hydrogen) atoms. The maximum absolute atomic E-state index is 13.3. The molecule has 3 aromatic heterocycles. The fourth-order valence-corrected chi connectivity index (χ4v) is 5.85. The number of ether oxygens (including phenoxy) is 1. The number of methoxy groups -OCH3 is 1. The van der Waals surface area contributed by atoms with Crippen LogP contribution in [-0.2, 0) is 0 Å². The van der Waals surface area contributed by atoms with Crippen molar-refractivity contribution in [3.63, 3.8) is 0 Å². The Labute approximate surface area is 202 Å². The molecule has 1 atom stereocenters. The average molecular weight is 477 g/mol. The standard InChI is InChI=1S/C26H28N4O3S/c1-16-22-17(2)28-24(21-10-7-13-33-21)29-26(22)34-23(16)25(31)27-15-20(30-11-4-5-12-30)18-8-6-9-19(14-18)32-3/h6-10,13-14,20H,4-5,11-12,15H2,1-3H3,(H,27,31). The molecule has 1 unspecified atom stereocenters. The lowest BCUT2D eigenvalue weighted by Gasteiger charge is -2.28. The molecule has 4 aromatic rings. The van der Waals surface area contributed by atoms with E-state index in [1.807, 2.05) is 38.1 Å². The number of furan rings is 1. The lowest BCUT2D eigenvalue weighted by molar-refractivity contribution is 0.0941. The second-order valence-corrected chi connectivity index (χ2v) is 9.59. The minimum absolute atomic E-state index is 0.0773. The van der Waals surface area contributed by atoms with Crippen molar-refractivity contribution < 1.29 is 13.9 Å². The van der Waals surface area contributed by atoms with Gasteiger partial charge in [0.05, 0.1) is 30.0 Å². The van der Waals surface area contributed by atoms with Crippen LogP contribution >= 0.6 is 11.3 Å². The molecular formula is C26H28N4O3S. The van der Waals surface area contributed by atoms with Gasteiger partial charge in [0.1, 0.15) is 10.6 Å². The van der Waals surface area contributed by atoms with Gasteiger partial charge >= 0.3 is 0 Å². The first-order valence-corrected chi connectivity index (χ1v) is 12.3. The Bertz CT molecular complexity index is 1310. The third-order valence-electron chi connectivity index (χ3n) is 6.43. The van der Waals surface area contributed by atoms with Gasteiger partial charge in [0.2, 0.25) is 0 Å². The summed E-state index contributed by atoms with van der Waals surface area (Å²) < 4.78 is 10.9. The fourth-order valence-electron chi connectivity index (χ4n) is 4.70. The summed E-state index contributed by atoms with van der Waals surface area (Å²) in [5, 5.41) is 4.14. The van der Waals surface area contributed by atoms with Crippen molar-refractivity contribution in [2.24, 2.45) is 0 Å². The van der Waals surface area contributed by atoms with Gasteiger partial charge < -0.3 is 14.5 Å². The maximum Gasteiger partial charge on any atom is 0.261 e. The zero-order chi connectivity index (χ0) is 23.7. The van der Waals surface area contributed by atoms with Crippen molar-refractivity contribution in [1.29, 1.82) is 0 Å². The summed E-state index contributed by atoms with van der Waals surface area (Å²) in [5.74, 6) is 1.91. The molecule has 7 nitrogen and oxygen atoms in total. The minimum Gasteiger partial charge on any atom is -0.497 e. The molecule has 1 aliphatic heterocycles. The van der Waals surface area contributed by atoms with Crippen LogP contribution in [-0.4, -0.2) is 47.5 Å². The molecule has 0 saturated carbocycles. The normalized spacial score (nSPS) is 15.0. The van der Waals surface area contributed by atoms with Gasteiger partial charge in [-0.25, -0.2) is 9.97 Å². The average Bonchev–Trinajstić information content (AvgIpc) is 3.61. The van der Waals surface area contributed by atoms with Crippen LogP contribution in [0.15, 0.2) is 47.1 Å². The molecule has 176 valence electrons. The molecule has 0 aliphatic carbocycles. The number of rotatable bonds is 7. The van der Waals surface area contributed by atoms with E-state index in [2.05, 4.69) is 32.3 Å². The van der Waals surface area contributed by atoms with Crippen molar-refractivity contribution in [2.45, 2.75) is 32.7 Å². The second-order valence-electron chi connectivity index (χ2n) is 8.59. The van der Waals surface area contributed by atoms with E-state index in [0.717, 1.165) is 45.9 Å². The lowest BCUT2D eigenvalue weighted by atomic mass is 10.0. The van der Waals surface area contributed by atoms with Gasteiger partial charge in [0, 0.05) is 11.9 Å². The Hall–Kier alpha value is -3.23. The molecule has 0 bridgehead atoms. The Morgan fingerprint density at radius 1 is 1.21 bits per heavy atom.